The summed E-state index contributed by atoms with van der Waals surface area (Å²) in [5, 5.41) is 0. The predicted octanol–water partition coefficient (Wildman–Crippen LogP) is 0.578. The summed E-state index contributed by atoms with van der Waals surface area (Å²) in [5.74, 6) is -0.431. The Kier molecular flexibility index (Phi) is 4.04. The van der Waals surface area contributed by atoms with Crippen LogP contribution >= 0.6 is 0 Å². The van der Waals surface area contributed by atoms with Gasteiger partial charge in [0.25, 0.3) is 0 Å². The molecule has 0 aromatic rings. The Balaban J connectivity index is 3.64. The Morgan fingerprint density at radius 1 is 1.80 bits per heavy atom. The first kappa shape index (κ1) is 8.75. The zero-order valence-electron chi connectivity index (χ0n) is 5.96. The summed E-state index contributed by atoms with van der Waals surface area (Å²) < 4.78 is 4.59. The lowest BCUT2D eigenvalue weighted by Gasteiger charge is -1.95. The number of allylic oxidation sites excluding steroid dienone is 1. The molecular formula is C7H11NO2. The van der Waals surface area contributed by atoms with Crippen molar-refractivity contribution in [3.63, 3.8) is 0 Å². The maximum absolute atomic E-state index is 10.6. The SMILES string of the molecule is C=CCOC(=O)/C=C(/C)N. The normalized spacial score (nSPS) is 10.7. The lowest BCUT2D eigenvalue weighted by Crippen LogP contribution is -2.03. The second-order valence-electron chi connectivity index (χ2n) is 1.81. The Hall–Kier alpha value is -1.25. The van der Waals surface area contributed by atoms with E-state index >= 15 is 0 Å². The Labute approximate surface area is 60.2 Å². The maximum Gasteiger partial charge on any atom is 0.332 e. The number of ether oxygens (including phenoxy) is 1. The van der Waals surface area contributed by atoms with Crippen LogP contribution in [0.15, 0.2) is 24.4 Å². The first-order valence-electron chi connectivity index (χ1n) is 2.88. The van der Waals surface area contributed by atoms with Crippen molar-refractivity contribution < 1.29 is 9.53 Å². The summed E-state index contributed by atoms with van der Waals surface area (Å²) in [4.78, 5) is 10.6. The molecule has 0 aromatic heterocycles. The van der Waals surface area contributed by atoms with Crippen LogP contribution in [0.5, 0.6) is 0 Å². The van der Waals surface area contributed by atoms with Crippen LogP contribution in [0.4, 0.5) is 0 Å². The van der Waals surface area contributed by atoms with Crippen LogP contribution in [-0.4, -0.2) is 12.6 Å². The summed E-state index contributed by atoms with van der Waals surface area (Å²) in [6.45, 7) is 5.23. The molecule has 3 heteroatoms. The lowest BCUT2D eigenvalue weighted by molar-refractivity contribution is -0.136. The van der Waals surface area contributed by atoms with Gasteiger partial charge in [0, 0.05) is 11.8 Å². The molecule has 0 amide bonds. The number of carbonyl (C=O) groups excluding carboxylic acids is 1. The topological polar surface area (TPSA) is 52.3 Å². The average molecular weight is 141 g/mol. The van der Waals surface area contributed by atoms with Crippen molar-refractivity contribution >= 4 is 5.97 Å². The van der Waals surface area contributed by atoms with E-state index in [1.165, 1.54) is 12.2 Å². The highest BCUT2D eigenvalue weighted by molar-refractivity contribution is 5.82. The van der Waals surface area contributed by atoms with E-state index in [-0.39, 0.29) is 6.61 Å². The standard InChI is InChI=1S/C7H11NO2/c1-3-4-10-7(9)5-6(2)8/h3,5H,1,4,8H2,2H3/b6-5-. The number of carbonyl (C=O) groups is 1. The van der Waals surface area contributed by atoms with Crippen molar-refractivity contribution in [1.29, 1.82) is 0 Å². The second-order valence-corrected chi connectivity index (χ2v) is 1.81. The molecule has 0 bridgehead atoms. The molecule has 0 rings (SSSR count). The minimum absolute atomic E-state index is 0.225. The molecule has 0 aliphatic rings. The molecule has 0 spiro atoms. The first-order valence-corrected chi connectivity index (χ1v) is 2.88. The van der Waals surface area contributed by atoms with Crippen molar-refractivity contribution in [3.8, 4) is 0 Å². The maximum atomic E-state index is 10.6. The van der Waals surface area contributed by atoms with Crippen LogP contribution in [0.25, 0.3) is 0 Å². The Morgan fingerprint density at radius 2 is 2.40 bits per heavy atom. The van der Waals surface area contributed by atoms with Crippen LogP contribution in [-0.2, 0) is 9.53 Å². The molecule has 0 heterocycles. The monoisotopic (exact) mass is 141 g/mol. The van der Waals surface area contributed by atoms with E-state index in [4.69, 9.17) is 5.73 Å². The molecule has 0 fully saturated rings. The van der Waals surface area contributed by atoms with E-state index in [9.17, 15) is 4.79 Å². The van der Waals surface area contributed by atoms with Gasteiger partial charge in [0.05, 0.1) is 0 Å². The zero-order valence-corrected chi connectivity index (χ0v) is 5.96. The van der Waals surface area contributed by atoms with E-state index in [0.717, 1.165) is 0 Å². The highest BCUT2D eigenvalue weighted by Gasteiger charge is 1.93. The first-order chi connectivity index (χ1) is 4.66. The molecule has 0 unspecified atom stereocenters. The van der Waals surface area contributed by atoms with Gasteiger partial charge in [0.15, 0.2) is 0 Å². The molecular weight excluding hydrogens is 130 g/mol. The number of rotatable bonds is 3. The molecule has 0 atom stereocenters. The molecule has 0 aliphatic heterocycles. The van der Waals surface area contributed by atoms with Gasteiger partial charge in [-0.3, -0.25) is 0 Å². The summed E-state index contributed by atoms with van der Waals surface area (Å²) in [6.07, 6.45) is 2.72. The van der Waals surface area contributed by atoms with Crippen molar-refractivity contribution in [2.24, 2.45) is 5.73 Å². The van der Waals surface area contributed by atoms with Crippen molar-refractivity contribution in [2.45, 2.75) is 6.92 Å². The van der Waals surface area contributed by atoms with Crippen LogP contribution < -0.4 is 5.73 Å². The van der Waals surface area contributed by atoms with Crippen LogP contribution in [0, 0.1) is 0 Å². The molecule has 0 aromatic carbocycles. The van der Waals surface area contributed by atoms with Crippen LogP contribution in [0.3, 0.4) is 0 Å². The largest absolute Gasteiger partial charge is 0.458 e. The van der Waals surface area contributed by atoms with Crippen molar-refractivity contribution in [1.82, 2.24) is 0 Å². The third-order valence-corrected chi connectivity index (χ3v) is 0.689. The molecule has 3 nitrogen and oxygen atoms in total. The Bertz CT molecular complexity index is 157. The van der Waals surface area contributed by atoms with Gasteiger partial charge in [0.2, 0.25) is 0 Å². The van der Waals surface area contributed by atoms with E-state index in [2.05, 4.69) is 11.3 Å². The molecule has 0 aliphatic carbocycles. The summed E-state index contributed by atoms with van der Waals surface area (Å²) in [6, 6.07) is 0. The van der Waals surface area contributed by atoms with Gasteiger partial charge in [-0.2, -0.15) is 0 Å². The van der Waals surface area contributed by atoms with Gasteiger partial charge >= 0.3 is 5.97 Å². The van der Waals surface area contributed by atoms with Gasteiger partial charge in [-0.05, 0) is 6.92 Å². The number of esters is 1. The minimum Gasteiger partial charge on any atom is -0.458 e. The zero-order chi connectivity index (χ0) is 7.98. The lowest BCUT2D eigenvalue weighted by atomic mass is 10.4. The van der Waals surface area contributed by atoms with Gasteiger partial charge in [-0.25, -0.2) is 4.79 Å². The molecule has 0 saturated carbocycles. The molecule has 0 saturated heterocycles. The van der Waals surface area contributed by atoms with Gasteiger partial charge in [-0.15, -0.1) is 0 Å². The average Bonchev–Trinajstić information content (AvgIpc) is 1.82. The predicted molar refractivity (Wildman–Crippen MR) is 39.1 cm³/mol. The minimum atomic E-state index is -0.431. The fraction of sp³-hybridized carbons (Fsp3) is 0.286. The third kappa shape index (κ3) is 4.90. The highest BCUT2D eigenvalue weighted by Crippen LogP contribution is 1.84. The van der Waals surface area contributed by atoms with Crippen LogP contribution in [0.1, 0.15) is 6.92 Å². The molecule has 56 valence electrons. The second kappa shape index (κ2) is 4.61. The smallest absolute Gasteiger partial charge is 0.332 e. The van der Waals surface area contributed by atoms with E-state index in [0.29, 0.717) is 5.70 Å². The fourth-order valence-electron chi connectivity index (χ4n) is 0.369. The van der Waals surface area contributed by atoms with E-state index in [1.54, 1.807) is 6.92 Å². The van der Waals surface area contributed by atoms with Crippen LogP contribution in [0.2, 0.25) is 0 Å². The quantitative estimate of drug-likeness (QED) is 0.355. The summed E-state index contributed by atoms with van der Waals surface area (Å²) in [7, 11) is 0. The highest BCUT2D eigenvalue weighted by atomic mass is 16.5. The Morgan fingerprint density at radius 3 is 2.80 bits per heavy atom. The number of hydrogen-bond donors (Lipinski definition) is 1. The molecule has 2 N–H and O–H groups in total. The number of hydrogen-bond acceptors (Lipinski definition) is 3. The van der Waals surface area contributed by atoms with Crippen molar-refractivity contribution in [3.05, 3.63) is 24.4 Å². The molecule has 10 heavy (non-hydrogen) atoms. The van der Waals surface area contributed by atoms with Gasteiger partial charge in [0.1, 0.15) is 6.61 Å². The summed E-state index contributed by atoms with van der Waals surface area (Å²) in [5.41, 5.74) is 5.64. The van der Waals surface area contributed by atoms with E-state index < -0.39 is 5.97 Å². The fourth-order valence-corrected chi connectivity index (χ4v) is 0.369. The third-order valence-electron chi connectivity index (χ3n) is 0.689. The van der Waals surface area contributed by atoms with Crippen molar-refractivity contribution in [2.75, 3.05) is 6.61 Å². The number of nitrogens with two attached hydrogens (primary N) is 1. The summed E-state index contributed by atoms with van der Waals surface area (Å²) >= 11 is 0. The van der Waals surface area contributed by atoms with E-state index in [1.807, 2.05) is 0 Å². The molecule has 0 radical (unpaired) electrons. The van der Waals surface area contributed by atoms with Gasteiger partial charge < -0.3 is 10.5 Å². The van der Waals surface area contributed by atoms with Gasteiger partial charge in [-0.1, -0.05) is 12.7 Å².